The summed E-state index contributed by atoms with van der Waals surface area (Å²) < 4.78 is 25.7. The van der Waals surface area contributed by atoms with Crippen molar-refractivity contribution in [2.45, 2.75) is 32.6 Å². The number of amides is 1. The first-order valence-electron chi connectivity index (χ1n) is 6.95. The Morgan fingerprint density at radius 3 is 2.88 bits per heavy atom. The second-order valence-corrected chi connectivity index (χ2v) is 3.60. The minimum Gasteiger partial charge on any atom is -0.410 e. The van der Waals surface area contributed by atoms with Gasteiger partial charge in [-0.25, -0.2) is 4.79 Å². The summed E-state index contributed by atoms with van der Waals surface area (Å²) in [6.07, 6.45) is 1.03. The van der Waals surface area contributed by atoms with Crippen LogP contribution in [0.2, 0.25) is 0 Å². The Morgan fingerprint density at radius 2 is 2.25 bits per heavy atom. The van der Waals surface area contributed by atoms with Gasteiger partial charge in [-0.2, -0.15) is 0 Å². The molecule has 0 saturated heterocycles. The summed E-state index contributed by atoms with van der Waals surface area (Å²) in [4.78, 5) is 11.4. The highest BCUT2D eigenvalue weighted by atomic mass is 16.5. The molecule has 0 saturated carbocycles. The van der Waals surface area contributed by atoms with Crippen molar-refractivity contribution in [3.63, 3.8) is 0 Å². The van der Waals surface area contributed by atoms with Crippen LogP contribution in [0.3, 0.4) is 0 Å². The number of carbonyl (C=O) groups is 1. The van der Waals surface area contributed by atoms with Gasteiger partial charge in [-0.15, -0.1) is 0 Å². The van der Waals surface area contributed by atoms with Crippen LogP contribution in [0.4, 0.5) is 4.79 Å². The Bertz CT molecular complexity index is 428. The lowest BCUT2D eigenvalue weighted by molar-refractivity contribution is 0.203. The van der Waals surface area contributed by atoms with Gasteiger partial charge in [0.1, 0.15) is 5.75 Å². The van der Waals surface area contributed by atoms with Crippen LogP contribution < -0.4 is 10.1 Å². The van der Waals surface area contributed by atoms with Gasteiger partial charge in [-0.3, -0.25) is 0 Å². The minimum atomic E-state index is -2.54. The number of nitrogens with one attached hydrogen (secondary N) is 1. The topological polar surface area (TPSA) is 38.3 Å². The van der Waals surface area contributed by atoms with E-state index in [4.69, 9.17) is 8.85 Å². The fraction of sp³-hybridized carbons (Fsp3) is 0.462. The average molecular weight is 224 g/mol. The van der Waals surface area contributed by atoms with E-state index in [-0.39, 0.29) is 0 Å². The van der Waals surface area contributed by atoms with E-state index >= 15 is 0 Å². The highest BCUT2D eigenvalue weighted by Crippen LogP contribution is 2.25. The van der Waals surface area contributed by atoms with Crippen LogP contribution in [-0.4, -0.2) is 13.1 Å². The number of benzene rings is 1. The van der Waals surface area contributed by atoms with Gasteiger partial charge in [0, 0.05) is 11.1 Å². The normalized spacial score (nSPS) is 13.8. The molecule has 16 heavy (non-hydrogen) atoms. The first-order chi connectivity index (χ1) is 8.85. The maximum Gasteiger partial charge on any atom is 0.412 e. The second kappa shape index (κ2) is 6.16. The van der Waals surface area contributed by atoms with Crippen molar-refractivity contribution >= 4 is 6.09 Å². The predicted octanol–water partition coefficient (Wildman–Crippen LogP) is 3.31. The molecule has 1 N–H and O–H groups in total. The number of rotatable bonds is 4. The maximum absolute atomic E-state index is 11.4. The molecular formula is C13H19NO2. The lowest BCUT2D eigenvalue weighted by Crippen LogP contribution is -2.22. The van der Waals surface area contributed by atoms with Gasteiger partial charge in [-0.1, -0.05) is 26.0 Å². The van der Waals surface area contributed by atoms with Crippen LogP contribution >= 0.6 is 0 Å². The van der Waals surface area contributed by atoms with Gasteiger partial charge in [0.2, 0.25) is 0 Å². The molecule has 0 bridgehead atoms. The second-order valence-electron chi connectivity index (χ2n) is 3.60. The molecule has 0 aliphatic carbocycles. The summed E-state index contributed by atoms with van der Waals surface area (Å²) in [7, 11) is 0. The first kappa shape index (κ1) is 8.62. The number of carbonyl (C=O) groups excluding carboxylic acids is 1. The summed E-state index contributed by atoms with van der Waals surface area (Å²) in [6, 6.07) is 7.18. The molecular weight excluding hydrogens is 202 g/mol. The van der Waals surface area contributed by atoms with Crippen LogP contribution in [0.5, 0.6) is 5.75 Å². The lowest BCUT2D eigenvalue weighted by Gasteiger charge is -2.13. The summed E-state index contributed by atoms with van der Waals surface area (Å²) in [5.41, 5.74) is 1.09. The van der Waals surface area contributed by atoms with E-state index in [2.05, 4.69) is 13.8 Å². The molecule has 0 spiro atoms. The number of ether oxygens (including phenoxy) is 1. The zero-order valence-corrected chi connectivity index (χ0v) is 9.62. The van der Waals surface area contributed by atoms with E-state index in [0.717, 1.165) is 18.4 Å². The highest BCUT2D eigenvalue weighted by Gasteiger charge is 2.08. The van der Waals surface area contributed by atoms with Crippen LogP contribution in [0, 0.1) is 0 Å². The van der Waals surface area contributed by atoms with E-state index < -0.39 is 13.1 Å². The van der Waals surface area contributed by atoms with Crippen molar-refractivity contribution in [3.8, 4) is 5.75 Å². The minimum absolute atomic E-state index is 0.353. The Labute approximate surface area is 101 Å². The fourth-order valence-corrected chi connectivity index (χ4v) is 1.72. The summed E-state index contributed by atoms with van der Waals surface area (Å²) in [6.45, 7) is 1.66. The smallest absolute Gasteiger partial charge is 0.410 e. The summed E-state index contributed by atoms with van der Waals surface area (Å²) in [5, 5.41) is 1.78. The molecule has 0 aromatic heterocycles. The molecule has 1 aromatic rings. The molecule has 0 atom stereocenters. The van der Waals surface area contributed by atoms with Crippen molar-refractivity contribution in [1.29, 1.82) is 0 Å². The van der Waals surface area contributed by atoms with Crippen molar-refractivity contribution in [1.82, 2.24) is 5.32 Å². The van der Waals surface area contributed by atoms with Crippen LogP contribution in [0.15, 0.2) is 24.3 Å². The van der Waals surface area contributed by atoms with E-state index in [1.165, 1.54) is 0 Å². The van der Waals surface area contributed by atoms with E-state index in [9.17, 15) is 4.79 Å². The van der Waals surface area contributed by atoms with Crippen molar-refractivity contribution in [2.24, 2.45) is 0 Å². The molecule has 3 nitrogen and oxygen atoms in total. The third kappa shape index (κ3) is 3.26. The zero-order valence-electron chi connectivity index (χ0n) is 12.6. The SMILES string of the molecule is [2H]C([2H])([2H])NC(=O)Oc1cccc(C(CC)CC)c1. The molecule has 0 aliphatic rings. The Hall–Kier alpha value is -1.51. The van der Waals surface area contributed by atoms with Crippen molar-refractivity contribution in [2.75, 3.05) is 6.98 Å². The first-order valence-corrected chi connectivity index (χ1v) is 5.45. The molecule has 1 aromatic carbocycles. The maximum atomic E-state index is 11.4. The van der Waals surface area contributed by atoms with Gasteiger partial charge < -0.3 is 10.1 Å². The van der Waals surface area contributed by atoms with E-state index in [1.54, 1.807) is 23.5 Å². The summed E-state index contributed by atoms with van der Waals surface area (Å²) >= 11 is 0. The number of hydrogen-bond acceptors (Lipinski definition) is 2. The van der Waals surface area contributed by atoms with E-state index in [1.807, 2.05) is 6.07 Å². The largest absolute Gasteiger partial charge is 0.412 e. The third-order valence-electron chi connectivity index (χ3n) is 2.63. The van der Waals surface area contributed by atoms with Gasteiger partial charge in [0.15, 0.2) is 0 Å². The standard InChI is InChI=1S/C13H19NO2/c1-4-10(5-2)11-7-6-8-12(9-11)16-13(15)14-3/h6-10H,4-5H2,1-3H3,(H,14,15)/i3D3. The van der Waals surface area contributed by atoms with Gasteiger partial charge in [0.05, 0.1) is 0 Å². The van der Waals surface area contributed by atoms with Crippen LogP contribution in [0.25, 0.3) is 0 Å². The lowest BCUT2D eigenvalue weighted by atomic mass is 9.94. The van der Waals surface area contributed by atoms with Gasteiger partial charge in [-0.05, 0) is 36.5 Å². The molecule has 0 fully saturated rings. The Kier molecular flexibility index (Phi) is 3.32. The molecule has 1 amide bonds. The predicted molar refractivity (Wildman–Crippen MR) is 64.8 cm³/mol. The summed E-state index contributed by atoms with van der Waals surface area (Å²) in [5.74, 6) is 0.764. The molecule has 0 radical (unpaired) electrons. The zero-order chi connectivity index (χ0) is 14.5. The Balaban J connectivity index is 2.74. The molecule has 0 aliphatic heterocycles. The molecule has 1 rings (SSSR count). The molecule has 88 valence electrons. The Morgan fingerprint density at radius 1 is 1.50 bits per heavy atom. The molecule has 0 unspecified atom stereocenters. The monoisotopic (exact) mass is 224 g/mol. The van der Waals surface area contributed by atoms with Crippen molar-refractivity contribution in [3.05, 3.63) is 29.8 Å². The molecule has 3 heteroatoms. The highest BCUT2D eigenvalue weighted by molar-refractivity contribution is 5.69. The quantitative estimate of drug-likeness (QED) is 0.852. The molecule has 0 heterocycles. The number of hydrogen-bond donors (Lipinski definition) is 1. The van der Waals surface area contributed by atoms with Crippen molar-refractivity contribution < 1.29 is 13.6 Å². The fourth-order valence-electron chi connectivity index (χ4n) is 1.72. The van der Waals surface area contributed by atoms with Crippen LogP contribution in [0.1, 0.15) is 42.3 Å². The third-order valence-corrected chi connectivity index (χ3v) is 2.63. The van der Waals surface area contributed by atoms with Gasteiger partial charge in [0.25, 0.3) is 0 Å². The van der Waals surface area contributed by atoms with Gasteiger partial charge >= 0.3 is 6.09 Å². The van der Waals surface area contributed by atoms with E-state index in [0.29, 0.717) is 11.7 Å². The average Bonchev–Trinajstić information content (AvgIpc) is 2.28. The van der Waals surface area contributed by atoms with Crippen LogP contribution in [-0.2, 0) is 0 Å².